The lowest BCUT2D eigenvalue weighted by molar-refractivity contribution is -0.137. The zero-order chi connectivity index (χ0) is 15.7. The summed E-state index contributed by atoms with van der Waals surface area (Å²) in [6.45, 7) is 2.68. The number of carbonyl (C=O) groups is 2. The van der Waals surface area contributed by atoms with Gasteiger partial charge in [0.2, 0.25) is 5.91 Å². The number of benzene rings is 1. The molecule has 2 unspecified atom stereocenters. The summed E-state index contributed by atoms with van der Waals surface area (Å²) in [6, 6.07) is 8.69. The lowest BCUT2D eigenvalue weighted by Gasteiger charge is -2.18. The molecule has 1 rings (SSSR count). The second-order valence-corrected chi connectivity index (χ2v) is 5.35. The molecule has 0 aliphatic rings. The van der Waals surface area contributed by atoms with Crippen molar-refractivity contribution in [2.24, 2.45) is 11.7 Å². The fourth-order valence-electron chi connectivity index (χ4n) is 2.19. The smallest absolute Gasteiger partial charge is 0.305 e. The van der Waals surface area contributed by atoms with Gasteiger partial charge in [0.25, 0.3) is 0 Å². The molecule has 5 heteroatoms. The molecule has 4 N–H and O–H groups in total. The molecule has 0 saturated heterocycles. The lowest BCUT2D eigenvalue weighted by atomic mass is 10.0. The Bertz CT molecular complexity index is 448. The van der Waals surface area contributed by atoms with Crippen molar-refractivity contribution in [2.45, 2.75) is 38.6 Å². The van der Waals surface area contributed by atoms with Crippen LogP contribution in [0.25, 0.3) is 0 Å². The van der Waals surface area contributed by atoms with E-state index in [0.29, 0.717) is 18.9 Å². The number of carboxylic acid groups (broad SMARTS) is 1. The van der Waals surface area contributed by atoms with E-state index < -0.39 is 12.0 Å². The number of hydrogen-bond acceptors (Lipinski definition) is 3. The molecule has 0 aliphatic carbocycles. The molecule has 0 saturated carbocycles. The number of amides is 1. The topological polar surface area (TPSA) is 92.4 Å². The standard InChI is InChI=1S/C16H24N2O3/c1-12(9-10-17)7-8-15(19)18-14(11-16(20)21)13-5-3-2-4-6-13/h2-6,12,14H,7-11,17H2,1H3,(H,18,19)(H,20,21). The molecular formula is C16H24N2O3. The van der Waals surface area contributed by atoms with Crippen LogP contribution in [0.2, 0.25) is 0 Å². The Morgan fingerprint density at radius 2 is 1.90 bits per heavy atom. The number of rotatable bonds is 9. The fraction of sp³-hybridized carbons (Fsp3) is 0.500. The van der Waals surface area contributed by atoms with Crippen LogP contribution < -0.4 is 11.1 Å². The quantitative estimate of drug-likeness (QED) is 0.649. The lowest BCUT2D eigenvalue weighted by Crippen LogP contribution is -2.30. The van der Waals surface area contributed by atoms with Crippen LogP contribution in [0.1, 0.15) is 44.2 Å². The molecule has 0 heterocycles. The Morgan fingerprint density at radius 1 is 1.24 bits per heavy atom. The van der Waals surface area contributed by atoms with Gasteiger partial charge in [-0.05, 0) is 30.9 Å². The van der Waals surface area contributed by atoms with Crippen LogP contribution in [0, 0.1) is 5.92 Å². The largest absolute Gasteiger partial charge is 0.481 e. The molecule has 0 radical (unpaired) electrons. The fourth-order valence-corrected chi connectivity index (χ4v) is 2.19. The first-order chi connectivity index (χ1) is 10.0. The summed E-state index contributed by atoms with van der Waals surface area (Å²) in [6.07, 6.45) is 1.93. The summed E-state index contributed by atoms with van der Waals surface area (Å²) in [5.41, 5.74) is 6.29. The van der Waals surface area contributed by atoms with Gasteiger partial charge in [-0.15, -0.1) is 0 Å². The predicted octanol–water partition coefficient (Wildman–Crippen LogP) is 2.08. The number of nitrogens with one attached hydrogen (secondary N) is 1. The molecule has 5 nitrogen and oxygen atoms in total. The van der Waals surface area contributed by atoms with Gasteiger partial charge in [-0.1, -0.05) is 37.3 Å². The third-order valence-electron chi connectivity index (χ3n) is 3.44. The van der Waals surface area contributed by atoms with Crippen molar-refractivity contribution >= 4 is 11.9 Å². The van der Waals surface area contributed by atoms with Crippen LogP contribution in [0.15, 0.2) is 30.3 Å². The average Bonchev–Trinajstić information content (AvgIpc) is 2.45. The normalized spacial score (nSPS) is 13.4. The van der Waals surface area contributed by atoms with Gasteiger partial charge >= 0.3 is 5.97 Å². The van der Waals surface area contributed by atoms with Gasteiger partial charge in [0, 0.05) is 6.42 Å². The number of hydrogen-bond donors (Lipinski definition) is 3. The van der Waals surface area contributed by atoms with E-state index in [2.05, 4.69) is 12.2 Å². The molecule has 1 aromatic rings. The first kappa shape index (κ1) is 17.2. The minimum absolute atomic E-state index is 0.117. The van der Waals surface area contributed by atoms with Gasteiger partial charge in [0.05, 0.1) is 12.5 Å². The van der Waals surface area contributed by atoms with E-state index in [4.69, 9.17) is 10.8 Å². The second-order valence-electron chi connectivity index (χ2n) is 5.35. The highest BCUT2D eigenvalue weighted by Crippen LogP contribution is 2.17. The monoisotopic (exact) mass is 292 g/mol. The SMILES string of the molecule is CC(CCN)CCC(=O)NC(CC(=O)O)c1ccccc1. The maximum atomic E-state index is 12.0. The van der Waals surface area contributed by atoms with Crippen LogP contribution in [-0.2, 0) is 9.59 Å². The summed E-state index contributed by atoms with van der Waals surface area (Å²) in [5.74, 6) is -0.648. The van der Waals surface area contributed by atoms with Crippen molar-refractivity contribution in [3.05, 3.63) is 35.9 Å². The van der Waals surface area contributed by atoms with E-state index >= 15 is 0 Å². The van der Waals surface area contributed by atoms with Crippen molar-refractivity contribution in [3.63, 3.8) is 0 Å². The summed E-state index contributed by atoms with van der Waals surface area (Å²) < 4.78 is 0. The number of carbonyl (C=O) groups excluding carboxylic acids is 1. The number of carboxylic acids is 1. The van der Waals surface area contributed by atoms with E-state index in [1.54, 1.807) is 0 Å². The molecule has 0 spiro atoms. The molecular weight excluding hydrogens is 268 g/mol. The highest BCUT2D eigenvalue weighted by atomic mass is 16.4. The molecule has 0 aromatic heterocycles. The molecule has 2 atom stereocenters. The average molecular weight is 292 g/mol. The predicted molar refractivity (Wildman–Crippen MR) is 81.6 cm³/mol. The molecule has 0 aliphatic heterocycles. The Kier molecular flexibility index (Phi) is 7.46. The Labute approximate surface area is 125 Å². The van der Waals surface area contributed by atoms with E-state index in [1.165, 1.54) is 0 Å². The molecule has 0 fully saturated rings. The van der Waals surface area contributed by atoms with E-state index in [-0.39, 0.29) is 12.3 Å². The first-order valence-corrected chi connectivity index (χ1v) is 7.29. The Morgan fingerprint density at radius 3 is 2.48 bits per heavy atom. The molecule has 21 heavy (non-hydrogen) atoms. The highest BCUT2D eigenvalue weighted by Gasteiger charge is 2.18. The highest BCUT2D eigenvalue weighted by molar-refractivity contribution is 5.77. The van der Waals surface area contributed by atoms with Gasteiger partial charge in [0.15, 0.2) is 0 Å². The molecule has 0 bridgehead atoms. The number of nitrogens with two attached hydrogens (primary N) is 1. The Hall–Kier alpha value is -1.88. The third kappa shape index (κ3) is 6.90. The summed E-state index contributed by atoms with van der Waals surface area (Å²) in [4.78, 5) is 22.9. The maximum Gasteiger partial charge on any atom is 0.305 e. The summed E-state index contributed by atoms with van der Waals surface area (Å²) in [5, 5.41) is 11.8. The van der Waals surface area contributed by atoms with Crippen LogP contribution in [0.5, 0.6) is 0 Å². The summed E-state index contributed by atoms with van der Waals surface area (Å²) >= 11 is 0. The van der Waals surface area contributed by atoms with Crippen molar-refractivity contribution in [3.8, 4) is 0 Å². The number of aliphatic carboxylic acids is 1. The first-order valence-electron chi connectivity index (χ1n) is 7.29. The van der Waals surface area contributed by atoms with Gasteiger partial charge in [-0.25, -0.2) is 0 Å². The molecule has 1 amide bonds. The van der Waals surface area contributed by atoms with Crippen LogP contribution in [0.4, 0.5) is 0 Å². The zero-order valence-corrected chi connectivity index (χ0v) is 12.4. The van der Waals surface area contributed by atoms with Gasteiger partial charge in [-0.2, -0.15) is 0 Å². The Balaban J connectivity index is 2.56. The van der Waals surface area contributed by atoms with Gasteiger partial charge in [-0.3, -0.25) is 9.59 Å². The second kappa shape index (κ2) is 9.13. The third-order valence-corrected chi connectivity index (χ3v) is 3.44. The molecule has 1 aromatic carbocycles. The van der Waals surface area contributed by atoms with Crippen LogP contribution in [0.3, 0.4) is 0 Å². The van der Waals surface area contributed by atoms with Crippen molar-refractivity contribution in [1.82, 2.24) is 5.32 Å². The van der Waals surface area contributed by atoms with Crippen LogP contribution in [-0.4, -0.2) is 23.5 Å². The molecule has 116 valence electrons. The van der Waals surface area contributed by atoms with Crippen molar-refractivity contribution in [1.29, 1.82) is 0 Å². The van der Waals surface area contributed by atoms with E-state index in [9.17, 15) is 9.59 Å². The van der Waals surface area contributed by atoms with Crippen molar-refractivity contribution < 1.29 is 14.7 Å². The zero-order valence-electron chi connectivity index (χ0n) is 12.4. The van der Waals surface area contributed by atoms with Gasteiger partial charge in [0.1, 0.15) is 0 Å². The van der Waals surface area contributed by atoms with E-state index in [1.807, 2.05) is 30.3 Å². The maximum absolute atomic E-state index is 12.0. The minimum atomic E-state index is -0.930. The van der Waals surface area contributed by atoms with E-state index in [0.717, 1.165) is 18.4 Å². The summed E-state index contributed by atoms with van der Waals surface area (Å²) in [7, 11) is 0. The minimum Gasteiger partial charge on any atom is -0.481 e. The van der Waals surface area contributed by atoms with Crippen LogP contribution >= 0.6 is 0 Å². The van der Waals surface area contributed by atoms with Gasteiger partial charge < -0.3 is 16.2 Å². The van der Waals surface area contributed by atoms with Crippen molar-refractivity contribution in [2.75, 3.05) is 6.54 Å².